The average molecular weight is 465 g/mol. The molecule has 3 aromatic rings. The highest BCUT2D eigenvalue weighted by Crippen LogP contribution is 2.30. The van der Waals surface area contributed by atoms with E-state index in [4.69, 9.17) is 21.1 Å². The zero-order valence-corrected chi connectivity index (χ0v) is 18.8. The first-order valence-electron chi connectivity index (χ1n) is 9.35. The van der Waals surface area contributed by atoms with Gasteiger partial charge in [-0.1, -0.05) is 17.7 Å². The molecule has 1 heterocycles. The summed E-state index contributed by atoms with van der Waals surface area (Å²) >= 11 is 7.02. The van der Waals surface area contributed by atoms with Gasteiger partial charge in [0.05, 0.1) is 18.4 Å². The minimum Gasteiger partial charge on any atom is -0.493 e. The zero-order chi connectivity index (χ0) is 22.6. The Hall–Kier alpha value is -2.55. The smallest absolute Gasteiger partial charge is 0.258 e. The van der Waals surface area contributed by atoms with Crippen molar-refractivity contribution < 1.29 is 19.0 Å². The second kappa shape index (κ2) is 9.72. The summed E-state index contributed by atoms with van der Waals surface area (Å²) in [4.78, 5) is 16.9. The van der Waals surface area contributed by atoms with Gasteiger partial charge in [-0.3, -0.25) is 9.36 Å². The second-order valence-electron chi connectivity index (χ2n) is 7.40. The van der Waals surface area contributed by atoms with Crippen molar-refractivity contribution in [1.29, 1.82) is 0 Å². The molecule has 0 saturated heterocycles. The predicted octanol–water partition coefficient (Wildman–Crippen LogP) is 4.48. The second-order valence-corrected chi connectivity index (χ2v) is 8.83. The fourth-order valence-electron chi connectivity index (χ4n) is 2.63. The number of hydrogen-bond acceptors (Lipinski definition) is 6. The number of ether oxygens (including phenoxy) is 2. The summed E-state index contributed by atoms with van der Waals surface area (Å²) in [5, 5.41) is 10.6. The monoisotopic (exact) mass is 464 g/mol. The third-order valence-corrected chi connectivity index (χ3v) is 5.39. The summed E-state index contributed by atoms with van der Waals surface area (Å²) in [5.41, 5.74) is -0.259. The Bertz CT molecular complexity index is 1130. The molecular formula is C22H22ClFN2O4S. The third kappa shape index (κ3) is 6.22. The molecule has 164 valence electrons. The molecular weight excluding hydrogens is 443 g/mol. The van der Waals surface area contributed by atoms with Crippen LogP contribution in [0.4, 0.5) is 4.39 Å². The molecule has 0 aliphatic carbocycles. The molecule has 0 saturated carbocycles. The summed E-state index contributed by atoms with van der Waals surface area (Å²) < 4.78 is 26.2. The summed E-state index contributed by atoms with van der Waals surface area (Å²) in [5.74, 6) is 0.796. The number of halogens is 2. The minimum atomic E-state index is -0.993. The lowest BCUT2D eigenvalue weighted by Gasteiger charge is -2.19. The largest absolute Gasteiger partial charge is 0.493 e. The van der Waals surface area contributed by atoms with E-state index < -0.39 is 11.4 Å². The van der Waals surface area contributed by atoms with Crippen LogP contribution in [0.2, 0.25) is 5.02 Å². The van der Waals surface area contributed by atoms with Gasteiger partial charge in [-0.2, -0.15) is 0 Å². The van der Waals surface area contributed by atoms with Crippen molar-refractivity contribution in [3.63, 3.8) is 0 Å². The van der Waals surface area contributed by atoms with E-state index in [2.05, 4.69) is 4.98 Å². The van der Waals surface area contributed by atoms with Gasteiger partial charge < -0.3 is 14.6 Å². The molecule has 6 nitrogen and oxygen atoms in total. The van der Waals surface area contributed by atoms with Gasteiger partial charge in [0.1, 0.15) is 23.8 Å². The average Bonchev–Trinajstić information content (AvgIpc) is 2.71. The molecule has 0 atom stereocenters. The van der Waals surface area contributed by atoms with E-state index in [9.17, 15) is 14.3 Å². The number of aromatic nitrogens is 2. The summed E-state index contributed by atoms with van der Waals surface area (Å²) in [6, 6.07) is 10.9. The van der Waals surface area contributed by atoms with Crippen molar-refractivity contribution in [2.24, 2.45) is 0 Å². The lowest BCUT2D eigenvalue weighted by Crippen LogP contribution is -2.28. The van der Waals surface area contributed by atoms with Crippen LogP contribution in [0.15, 0.2) is 58.6 Å². The lowest BCUT2D eigenvalue weighted by molar-refractivity contribution is 0.0276. The van der Waals surface area contributed by atoms with E-state index in [-0.39, 0.29) is 12.2 Å². The molecule has 9 heteroatoms. The molecule has 0 aliphatic heterocycles. The van der Waals surface area contributed by atoms with Crippen LogP contribution in [0.1, 0.15) is 19.4 Å². The molecule has 0 spiro atoms. The van der Waals surface area contributed by atoms with Crippen LogP contribution in [0.25, 0.3) is 5.69 Å². The number of rotatable bonds is 8. The third-order valence-electron chi connectivity index (χ3n) is 4.18. The van der Waals surface area contributed by atoms with E-state index in [1.807, 2.05) is 0 Å². The number of aliphatic hydroxyl groups is 1. The quantitative estimate of drug-likeness (QED) is 0.391. The maximum Gasteiger partial charge on any atom is 0.258 e. The van der Waals surface area contributed by atoms with Crippen molar-refractivity contribution in [2.45, 2.75) is 30.2 Å². The molecule has 0 unspecified atom stereocenters. The number of thioether (sulfide) groups is 1. The number of nitrogens with zero attached hydrogens (tertiary/aromatic N) is 2. The van der Waals surface area contributed by atoms with Gasteiger partial charge in [0.25, 0.3) is 5.56 Å². The van der Waals surface area contributed by atoms with E-state index >= 15 is 0 Å². The lowest BCUT2D eigenvalue weighted by atomic mass is 10.2. The number of hydrogen-bond donors (Lipinski definition) is 1. The molecule has 0 amide bonds. The molecule has 1 N–H and O–H groups in total. The normalized spacial score (nSPS) is 11.4. The SMILES string of the molecule is COc1cc(-n2cnc(SCc3ccc(Cl)cc3F)cc2=O)ccc1OCC(C)(C)O. The van der Waals surface area contributed by atoms with E-state index in [0.717, 1.165) is 0 Å². The highest BCUT2D eigenvalue weighted by atomic mass is 35.5. The van der Waals surface area contributed by atoms with Crippen LogP contribution in [0, 0.1) is 5.82 Å². The molecule has 0 aliphatic rings. The van der Waals surface area contributed by atoms with Gasteiger partial charge in [0.2, 0.25) is 0 Å². The fraction of sp³-hybridized carbons (Fsp3) is 0.273. The summed E-state index contributed by atoms with van der Waals surface area (Å²) in [6.45, 7) is 3.37. The topological polar surface area (TPSA) is 73.6 Å². The Labute approximate surface area is 188 Å². The Morgan fingerprint density at radius 2 is 1.97 bits per heavy atom. The Kier molecular flexibility index (Phi) is 7.25. The first-order chi connectivity index (χ1) is 14.7. The summed E-state index contributed by atoms with van der Waals surface area (Å²) in [7, 11) is 1.49. The first kappa shape index (κ1) is 23.1. The van der Waals surface area contributed by atoms with Crippen molar-refractivity contribution in [3.8, 4) is 17.2 Å². The number of benzene rings is 2. The van der Waals surface area contributed by atoms with Gasteiger partial charge in [-0.25, -0.2) is 9.37 Å². The molecule has 0 radical (unpaired) electrons. The predicted molar refractivity (Wildman–Crippen MR) is 119 cm³/mol. The van der Waals surface area contributed by atoms with Crippen molar-refractivity contribution in [2.75, 3.05) is 13.7 Å². The molecule has 31 heavy (non-hydrogen) atoms. The van der Waals surface area contributed by atoms with Crippen LogP contribution in [-0.2, 0) is 5.75 Å². The standard InChI is InChI=1S/C22H22ClFN2O4S/c1-22(2,28)12-30-18-7-6-16(9-19(18)29-3)26-13-25-20(10-21(26)27)31-11-14-4-5-15(23)8-17(14)24/h4-10,13,28H,11-12H2,1-3H3. The van der Waals surface area contributed by atoms with Crippen molar-refractivity contribution in [1.82, 2.24) is 9.55 Å². The van der Waals surface area contributed by atoms with Crippen LogP contribution < -0.4 is 15.0 Å². The highest BCUT2D eigenvalue weighted by Gasteiger charge is 2.16. The number of methoxy groups -OCH3 is 1. The first-order valence-corrected chi connectivity index (χ1v) is 10.7. The van der Waals surface area contributed by atoms with Crippen molar-refractivity contribution >= 4 is 23.4 Å². The van der Waals surface area contributed by atoms with E-state index in [0.29, 0.717) is 38.6 Å². The maximum absolute atomic E-state index is 13.9. The Morgan fingerprint density at radius 1 is 1.19 bits per heavy atom. The molecule has 1 aromatic heterocycles. The van der Waals surface area contributed by atoms with Gasteiger partial charge >= 0.3 is 0 Å². The Balaban J connectivity index is 1.77. The Morgan fingerprint density at radius 3 is 2.61 bits per heavy atom. The highest BCUT2D eigenvalue weighted by molar-refractivity contribution is 7.98. The van der Waals surface area contributed by atoms with Gasteiger partial charge in [0, 0.05) is 22.9 Å². The van der Waals surface area contributed by atoms with Gasteiger partial charge in [-0.15, -0.1) is 11.8 Å². The van der Waals surface area contributed by atoms with Gasteiger partial charge in [-0.05, 0) is 43.7 Å². The molecule has 3 rings (SSSR count). The zero-order valence-electron chi connectivity index (χ0n) is 17.3. The fourth-order valence-corrected chi connectivity index (χ4v) is 3.63. The molecule has 0 bridgehead atoms. The van der Waals surface area contributed by atoms with Crippen LogP contribution in [-0.4, -0.2) is 34.0 Å². The van der Waals surface area contributed by atoms with Crippen LogP contribution in [0.3, 0.4) is 0 Å². The van der Waals surface area contributed by atoms with Crippen molar-refractivity contribution in [3.05, 3.63) is 75.5 Å². The van der Waals surface area contributed by atoms with E-state index in [1.165, 1.54) is 41.9 Å². The molecule has 2 aromatic carbocycles. The van der Waals surface area contributed by atoms with Crippen LogP contribution in [0.5, 0.6) is 11.5 Å². The maximum atomic E-state index is 13.9. The van der Waals surface area contributed by atoms with E-state index in [1.54, 1.807) is 44.2 Å². The minimum absolute atomic E-state index is 0.0876. The molecule has 0 fully saturated rings. The van der Waals surface area contributed by atoms with Gasteiger partial charge in [0.15, 0.2) is 11.5 Å². The summed E-state index contributed by atoms with van der Waals surface area (Å²) in [6.07, 6.45) is 1.41. The van der Waals surface area contributed by atoms with Crippen LogP contribution >= 0.6 is 23.4 Å².